The lowest BCUT2D eigenvalue weighted by atomic mass is 10.3. The van der Waals surface area contributed by atoms with Crippen molar-refractivity contribution in [2.24, 2.45) is 10.7 Å². The van der Waals surface area contributed by atoms with Crippen LogP contribution in [0.15, 0.2) is 29.3 Å². The summed E-state index contributed by atoms with van der Waals surface area (Å²) in [4.78, 5) is 4.17. The van der Waals surface area contributed by atoms with E-state index in [0.717, 1.165) is 11.4 Å². The predicted octanol–water partition coefficient (Wildman–Crippen LogP) is 1.85. The van der Waals surface area contributed by atoms with E-state index in [1.54, 1.807) is 0 Å². The molecule has 1 aromatic carbocycles. The van der Waals surface area contributed by atoms with Crippen LogP contribution in [0.1, 0.15) is 20.3 Å². The number of hydrogen-bond donors (Lipinski definition) is 2. The smallest absolute Gasteiger partial charge is 0.214 e. The molecule has 0 saturated carbocycles. The first-order valence-corrected chi connectivity index (χ1v) is 9.29. The van der Waals surface area contributed by atoms with Crippen molar-refractivity contribution in [1.29, 1.82) is 0 Å². The van der Waals surface area contributed by atoms with Crippen LogP contribution in [0, 0.1) is 0 Å². The van der Waals surface area contributed by atoms with E-state index >= 15 is 0 Å². The second kappa shape index (κ2) is 9.42. The van der Waals surface area contributed by atoms with Crippen molar-refractivity contribution in [2.75, 3.05) is 30.7 Å². The van der Waals surface area contributed by atoms with Gasteiger partial charge in [0.05, 0.1) is 18.4 Å². The molecule has 1 heterocycles. The first kappa shape index (κ1) is 21.0. The summed E-state index contributed by atoms with van der Waals surface area (Å²) in [5.74, 6) is 1.29. The van der Waals surface area contributed by atoms with Crippen LogP contribution < -0.4 is 15.8 Å². The molecular formula is C15H25IN4O3S. The maximum absolute atomic E-state index is 11.7. The van der Waals surface area contributed by atoms with Crippen molar-refractivity contribution in [3.05, 3.63) is 24.3 Å². The monoisotopic (exact) mass is 468 g/mol. The van der Waals surface area contributed by atoms with Gasteiger partial charge >= 0.3 is 0 Å². The highest BCUT2D eigenvalue weighted by Gasteiger charge is 2.27. The predicted molar refractivity (Wildman–Crippen MR) is 108 cm³/mol. The number of benzene rings is 1. The van der Waals surface area contributed by atoms with Crippen molar-refractivity contribution in [1.82, 2.24) is 4.31 Å². The Morgan fingerprint density at radius 3 is 2.58 bits per heavy atom. The van der Waals surface area contributed by atoms with E-state index in [4.69, 9.17) is 10.5 Å². The fraction of sp³-hybridized carbons (Fsp3) is 0.533. The number of rotatable bonds is 6. The lowest BCUT2D eigenvalue weighted by Gasteiger charge is -2.13. The van der Waals surface area contributed by atoms with Gasteiger partial charge in [-0.2, -0.15) is 0 Å². The first-order chi connectivity index (χ1) is 10.9. The Balaban J connectivity index is 0.00000288. The second-order valence-electron chi connectivity index (χ2n) is 5.65. The van der Waals surface area contributed by atoms with Crippen molar-refractivity contribution >= 4 is 45.6 Å². The summed E-state index contributed by atoms with van der Waals surface area (Å²) in [7, 11) is -3.07. The number of nitrogens with zero attached hydrogens (tertiary/aromatic N) is 2. The number of nitrogens with two attached hydrogens (primary N) is 1. The number of guanidine groups is 1. The topological polar surface area (TPSA) is 97.0 Å². The van der Waals surface area contributed by atoms with E-state index in [2.05, 4.69) is 10.3 Å². The molecule has 0 atom stereocenters. The largest absolute Gasteiger partial charge is 0.491 e. The Morgan fingerprint density at radius 1 is 1.38 bits per heavy atom. The van der Waals surface area contributed by atoms with Crippen LogP contribution in [0.25, 0.3) is 0 Å². The molecule has 1 aliphatic heterocycles. The molecule has 0 unspecified atom stereocenters. The Labute approximate surface area is 160 Å². The minimum atomic E-state index is -3.07. The SMILES string of the molecule is CC(C)Oc1ccc(NC(N)=NCCN2CCCS2(=O)=O)cc1.I. The van der Waals surface area contributed by atoms with Gasteiger partial charge in [-0.3, -0.25) is 4.99 Å². The number of anilines is 1. The molecule has 9 heteroatoms. The van der Waals surface area contributed by atoms with Crippen molar-refractivity contribution < 1.29 is 13.2 Å². The third-order valence-electron chi connectivity index (χ3n) is 3.33. The highest BCUT2D eigenvalue weighted by Crippen LogP contribution is 2.16. The summed E-state index contributed by atoms with van der Waals surface area (Å²) < 4.78 is 30.3. The van der Waals surface area contributed by atoms with Gasteiger partial charge in [0.2, 0.25) is 10.0 Å². The number of sulfonamides is 1. The van der Waals surface area contributed by atoms with Gasteiger partial charge in [0.25, 0.3) is 0 Å². The first-order valence-electron chi connectivity index (χ1n) is 7.68. The number of nitrogens with one attached hydrogen (secondary N) is 1. The van der Waals surface area contributed by atoms with Crippen LogP contribution in [0.5, 0.6) is 5.75 Å². The number of hydrogen-bond acceptors (Lipinski definition) is 4. The quantitative estimate of drug-likeness (QED) is 0.378. The van der Waals surface area contributed by atoms with Crippen LogP contribution in [-0.4, -0.2) is 50.2 Å². The van der Waals surface area contributed by atoms with Crippen LogP contribution >= 0.6 is 24.0 Å². The molecule has 1 aromatic rings. The van der Waals surface area contributed by atoms with Crippen LogP contribution in [0.4, 0.5) is 5.69 Å². The highest BCUT2D eigenvalue weighted by atomic mass is 127. The molecule has 0 aliphatic carbocycles. The molecule has 0 bridgehead atoms. The van der Waals surface area contributed by atoms with Crippen molar-refractivity contribution in [3.8, 4) is 5.75 Å². The lowest BCUT2D eigenvalue weighted by molar-refractivity contribution is 0.242. The van der Waals surface area contributed by atoms with Crippen LogP contribution in [-0.2, 0) is 10.0 Å². The molecule has 1 aliphatic rings. The van der Waals surface area contributed by atoms with E-state index in [-0.39, 0.29) is 41.8 Å². The zero-order chi connectivity index (χ0) is 16.9. The summed E-state index contributed by atoms with van der Waals surface area (Å²) >= 11 is 0. The summed E-state index contributed by atoms with van der Waals surface area (Å²) in [6.07, 6.45) is 0.812. The van der Waals surface area contributed by atoms with Gasteiger partial charge in [-0.15, -0.1) is 24.0 Å². The van der Waals surface area contributed by atoms with Crippen LogP contribution in [0.2, 0.25) is 0 Å². The van der Waals surface area contributed by atoms with Gasteiger partial charge in [0, 0.05) is 18.8 Å². The molecule has 1 saturated heterocycles. The molecule has 1 fully saturated rings. The van der Waals surface area contributed by atoms with E-state index in [1.165, 1.54) is 4.31 Å². The Kier molecular flexibility index (Phi) is 8.23. The second-order valence-corrected chi connectivity index (χ2v) is 7.74. The average molecular weight is 468 g/mol. The fourth-order valence-corrected chi connectivity index (χ4v) is 3.82. The standard InChI is InChI=1S/C15H24N4O3S.HI/c1-12(2)22-14-6-4-13(5-7-14)18-15(16)17-8-10-19-9-3-11-23(19,20)21;/h4-7,12H,3,8-11H2,1-2H3,(H3,16,17,18);1H. The van der Waals surface area contributed by atoms with Crippen molar-refractivity contribution in [3.63, 3.8) is 0 Å². The summed E-state index contributed by atoms with van der Waals surface area (Å²) in [5, 5.41) is 2.97. The Morgan fingerprint density at radius 2 is 2.04 bits per heavy atom. The number of ether oxygens (including phenoxy) is 1. The lowest BCUT2D eigenvalue weighted by Crippen LogP contribution is -2.30. The van der Waals surface area contributed by atoms with E-state index in [1.807, 2.05) is 38.1 Å². The third kappa shape index (κ3) is 6.44. The summed E-state index contributed by atoms with van der Waals surface area (Å²) in [6, 6.07) is 7.41. The molecule has 7 nitrogen and oxygen atoms in total. The average Bonchev–Trinajstić information content (AvgIpc) is 2.80. The Hall–Kier alpha value is -1.07. The Bertz CT molecular complexity index is 647. The molecule has 0 spiro atoms. The number of aliphatic imine (C=N–C) groups is 1. The molecule has 3 N–H and O–H groups in total. The minimum Gasteiger partial charge on any atom is -0.491 e. The zero-order valence-electron chi connectivity index (χ0n) is 13.9. The van der Waals surface area contributed by atoms with Gasteiger partial charge in [0.15, 0.2) is 5.96 Å². The molecule has 0 radical (unpaired) electrons. The summed E-state index contributed by atoms with van der Waals surface area (Å²) in [5.41, 5.74) is 6.62. The van der Waals surface area contributed by atoms with E-state index in [9.17, 15) is 8.42 Å². The molecule has 0 aromatic heterocycles. The van der Waals surface area contributed by atoms with Gasteiger partial charge in [0.1, 0.15) is 5.75 Å². The maximum atomic E-state index is 11.7. The van der Waals surface area contributed by atoms with E-state index < -0.39 is 10.0 Å². The molecule has 2 rings (SSSR count). The summed E-state index contributed by atoms with van der Waals surface area (Å²) in [6.45, 7) is 5.22. The van der Waals surface area contributed by atoms with Gasteiger partial charge < -0.3 is 15.8 Å². The van der Waals surface area contributed by atoms with Gasteiger partial charge in [-0.1, -0.05) is 0 Å². The number of halogens is 1. The molecule has 24 heavy (non-hydrogen) atoms. The van der Waals surface area contributed by atoms with Crippen molar-refractivity contribution in [2.45, 2.75) is 26.4 Å². The fourth-order valence-electron chi connectivity index (χ4n) is 2.30. The van der Waals surface area contributed by atoms with Gasteiger partial charge in [-0.05, 0) is 44.5 Å². The minimum absolute atomic E-state index is 0. The molecule has 136 valence electrons. The van der Waals surface area contributed by atoms with Crippen LogP contribution in [0.3, 0.4) is 0 Å². The normalized spacial score (nSPS) is 17.5. The van der Waals surface area contributed by atoms with Gasteiger partial charge in [-0.25, -0.2) is 12.7 Å². The molecule has 0 amide bonds. The highest BCUT2D eigenvalue weighted by molar-refractivity contribution is 14.0. The maximum Gasteiger partial charge on any atom is 0.214 e. The zero-order valence-corrected chi connectivity index (χ0v) is 17.1. The van der Waals surface area contributed by atoms with E-state index in [0.29, 0.717) is 26.1 Å². The molecular weight excluding hydrogens is 443 g/mol. The third-order valence-corrected chi connectivity index (χ3v) is 5.29.